The van der Waals surface area contributed by atoms with Crippen LogP contribution in [0.25, 0.3) is 0 Å². The minimum Gasteiger partial charge on any atom is -0.493 e. The molecule has 8 heteroatoms. The number of carbonyl (C=O) groups excluding carboxylic acids is 2. The first-order valence-corrected chi connectivity index (χ1v) is 8.64. The predicted octanol–water partition coefficient (Wildman–Crippen LogP) is 4.77. The monoisotopic (exact) mass is 394 g/mol. The molecule has 0 spiro atoms. The molecule has 0 heterocycles. The van der Waals surface area contributed by atoms with Crippen LogP contribution in [0.2, 0.25) is 0 Å². The number of ether oxygens (including phenoxy) is 1. The minimum absolute atomic E-state index is 0.0572. The van der Waals surface area contributed by atoms with Gasteiger partial charge in [0.2, 0.25) is 11.8 Å². The molecule has 0 saturated carbocycles. The largest absolute Gasteiger partial charge is 0.493 e. The van der Waals surface area contributed by atoms with E-state index in [0.717, 1.165) is 23.8 Å². The molecule has 5 nitrogen and oxygen atoms in total. The topological polar surface area (TPSA) is 67.4 Å². The third-order valence-corrected chi connectivity index (χ3v) is 3.83. The second-order valence-corrected chi connectivity index (χ2v) is 6.20. The first-order chi connectivity index (χ1) is 13.2. The van der Waals surface area contributed by atoms with Crippen LogP contribution < -0.4 is 15.4 Å². The van der Waals surface area contributed by atoms with Crippen molar-refractivity contribution in [1.82, 2.24) is 0 Å². The Morgan fingerprint density at radius 1 is 1.04 bits per heavy atom. The lowest BCUT2D eigenvalue weighted by Gasteiger charge is -2.15. The minimum atomic E-state index is -4.56. The zero-order valence-corrected chi connectivity index (χ0v) is 15.5. The summed E-state index contributed by atoms with van der Waals surface area (Å²) in [5.41, 5.74) is 0.0514. The highest BCUT2D eigenvalue weighted by molar-refractivity contribution is 5.99. The van der Waals surface area contributed by atoms with Gasteiger partial charge < -0.3 is 15.4 Å². The third-order valence-electron chi connectivity index (χ3n) is 3.83. The van der Waals surface area contributed by atoms with Gasteiger partial charge in [0.1, 0.15) is 5.75 Å². The highest BCUT2D eigenvalue weighted by Crippen LogP contribution is 2.34. The Balaban J connectivity index is 1.97. The number of halogens is 3. The first kappa shape index (κ1) is 21.3. The number of alkyl halides is 3. The van der Waals surface area contributed by atoms with E-state index in [1.54, 1.807) is 0 Å². The van der Waals surface area contributed by atoms with Gasteiger partial charge in [-0.25, -0.2) is 0 Å². The smallest absolute Gasteiger partial charge is 0.416 e. The number of nitrogens with one attached hydrogen (secondary N) is 2. The van der Waals surface area contributed by atoms with Crippen molar-refractivity contribution in [1.29, 1.82) is 0 Å². The van der Waals surface area contributed by atoms with E-state index < -0.39 is 23.6 Å². The molecule has 0 aliphatic heterocycles. The third kappa shape index (κ3) is 6.29. The molecule has 0 bridgehead atoms. The van der Waals surface area contributed by atoms with Crippen molar-refractivity contribution in [2.24, 2.45) is 0 Å². The summed E-state index contributed by atoms with van der Waals surface area (Å²) >= 11 is 0. The molecule has 28 heavy (non-hydrogen) atoms. The molecule has 0 aliphatic rings. The average Bonchev–Trinajstić information content (AvgIpc) is 2.60. The maximum atomic E-state index is 12.9. The normalized spacial score (nSPS) is 11.0. The van der Waals surface area contributed by atoms with Crippen LogP contribution in [0.1, 0.15) is 30.9 Å². The van der Waals surface area contributed by atoms with Crippen molar-refractivity contribution in [2.75, 3.05) is 17.2 Å². The molecular weight excluding hydrogens is 373 g/mol. The Morgan fingerprint density at radius 3 is 2.39 bits per heavy atom. The number of hydrogen-bond donors (Lipinski definition) is 2. The van der Waals surface area contributed by atoms with Crippen LogP contribution in [0.4, 0.5) is 24.5 Å². The van der Waals surface area contributed by atoms with Gasteiger partial charge in [0.25, 0.3) is 0 Å². The highest BCUT2D eigenvalue weighted by atomic mass is 19.4. The molecular formula is C20H21F3N2O3. The fraction of sp³-hybridized carbons (Fsp3) is 0.300. The summed E-state index contributed by atoms with van der Waals surface area (Å²) in [6, 6.07) is 10.2. The van der Waals surface area contributed by atoms with Crippen molar-refractivity contribution >= 4 is 23.2 Å². The molecule has 2 aromatic carbocycles. The Kier molecular flexibility index (Phi) is 7.03. The van der Waals surface area contributed by atoms with E-state index in [0.29, 0.717) is 18.8 Å². The molecule has 0 unspecified atom stereocenters. The van der Waals surface area contributed by atoms with Crippen LogP contribution in [-0.2, 0) is 15.8 Å². The fourth-order valence-corrected chi connectivity index (χ4v) is 2.47. The number of anilines is 2. The summed E-state index contributed by atoms with van der Waals surface area (Å²) in [4.78, 5) is 23.4. The molecule has 2 N–H and O–H groups in total. The summed E-state index contributed by atoms with van der Waals surface area (Å²) in [5.74, 6) is -0.213. The van der Waals surface area contributed by atoms with Crippen LogP contribution in [-0.4, -0.2) is 18.4 Å². The van der Waals surface area contributed by atoms with Gasteiger partial charge in [-0.1, -0.05) is 18.2 Å². The van der Waals surface area contributed by atoms with Gasteiger partial charge in [-0.15, -0.1) is 0 Å². The molecule has 0 radical (unpaired) electrons. The molecule has 150 valence electrons. The Bertz CT molecular complexity index is 851. The summed E-state index contributed by atoms with van der Waals surface area (Å²) in [6.07, 6.45) is -4.12. The SMILES string of the molecule is CC(=O)Nc1ccc(C(F)(F)F)cc1NC(=O)CCCOc1ccccc1C. The molecule has 2 rings (SSSR count). The maximum absolute atomic E-state index is 12.9. The number of aryl methyl sites for hydroxylation is 1. The van der Waals surface area contributed by atoms with Gasteiger partial charge >= 0.3 is 6.18 Å². The van der Waals surface area contributed by atoms with Crippen molar-refractivity contribution in [3.05, 3.63) is 53.6 Å². The molecule has 2 aromatic rings. The van der Waals surface area contributed by atoms with Crippen molar-refractivity contribution < 1.29 is 27.5 Å². The van der Waals surface area contributed by atoms with Gasteiger partial charge in [0.15, 0.2) is 0 Å². The zero-order valence-electron chi connectivity index (χ0n) is 15.5. The zero-order chi connectivity index (χ0) is 20.7. The van der Waals surface area contributed by atoms with Crippen molar-refractivity contribution in [2.45, 2.75) is 32.9 Å². The van der Waals surface area contributed by atoms with E-state index in [1.165, 1.54) is 6.92 Å². The standard InChI is InChI=1S/C20H21F3N2O3/c1-13-6-3-4-7-18(13)28-11-5-8-19(27)25-17-12-15(20(21,22)23)9-10-16(17)24-14(2)26/h3-4,6-7,9-10,12H,5,8,11H2,1-2H3,(H,24,26)(H,25,27). The van der Waals surface area contributed by atoms with Gasteiger partial charge in [-0.05, 0) is 43.2 Å². The molecule has 0 aromatic heterocycles. The molecule has 0 fully saturated rings. The van der Waals surface area contributed by atoms with E-state index in [2.05, 4.69) is 10.6 Å². The summed E-state index contributed by atoms with van der Waals surface area (Å²) in [7, 11) is 0. The number of amides is 2. The average molecular weight is 394 g/mol. The number of rotatable bonds is 7. The van der Waals surface area contributed by atoms with E-state index in [1.807, 2.05) is 31.2 Å². The van der Waals surface area contributed by atoms with Gasteiger partial charge in [0.05, 0.1) is 23.5 Å². The molecule has 2 amide bonds. The van der Waals surface area contributed by atoms with Crippen molar-refractivity contribution in [3.63, 3.8) is 0 Å². The van der Waals surface area contributed by atoms with Crippen LogP contribution in [0.5, 0.6) is 5.75 Å². The lowest BCUT2D eigenvalue weighted by molar-refractivity contribution is -0.137. The number of para-hydroxylation sites is 1. The lowest BCUT2D eigenvalue weighted by Crippen LogP contribution is -2.17. The summed E-state index contributed by atoms with van der Waals surface area (Å²) in [6.45, 7) is 3.42. The van der Waals surface area contributed by atoms with Crippen LogP contribution in [0.3, 0.4) is 0 Å². The second-order valence-electron chi connectivity index (χ2n) is 6.20. The highest BCUT2D eigenvalue weighted by Gasteiger charge is 2.31. The summed E-state index contributed by atoms with van der Waals surface area (Å²) in [5, 5.41) is 4.84. The van der Waals surface area contributed by atoms with E-state index >= 15 is 0 Å². The van der Waals surface area contributed by atoms with E-state index in [9.17, 15) is 22.8 Å². The van der Waals surface area contributed by atoms with Gasteiger partial charge in [0, 0.05) is 13.3 Å². The molecule has 0 atom stereocenters. The molecule has 0 saturated heterocycles. The maximum Gasteiger partial charge on any atom is 0.416 e. The second kappa shape index (κ2) is 9.25. The van der Waals surface area contributed by atoms with Crippen molar-refractivity contribution in [3.8, 4) is 5.75 Å². The van der Waals surface area contributed by atoms with Crippen LogP contribution in [0.15, 0.2) is 42.5 Å². The Hall–Kier alpha value is -3.03. The predicted molar refractivity (Wildman–Crippen MR) is 100 cm³/mol. The lowest BCUT2D eigenvalue weighted by atomic mass is 10.1. The van der Waals surface area contributed by atoms with Crippen LogP contribution in [0, 0.1) is 6.92 Å². The van der Waals surface area contributed by atoms with E-state index in [-0.39, 0.29) is 17.8 Å². The first-order valence-electron chi connectivity index (χ1n) is 8.64. The van der Waals surface area contributed by atoms with E-state index in [4.69, 9.17) is 4.74 Å². The van der Waals surface area contributed by atoms with Gasteiger partial charge in [-0.2, -0.15) is 13.2 Å². The van der Waals surface area contributed by atoms with Crippen LogP contribution >= 0.6 is 0 Å². The van der Waals surface area contributed by atoms with Gasteiger partial charge in [-0.3, -0.25) is 9.59 Å². The number of carbonyl (C=O) groups is 2. The Morgan fingerprint density at radius 2 is 1.75 bits per heavy atom. The quantitative estimate of drug-likeness (QED) is 0.665. The number of benzene rings is 2. The number of hydrogen-bond acceptors (Lipinski definition) is 3. The molecule has 0 aliphatic carbocycles. The summed E-state index contributed by atoms with van der Waals surface area (Å²) < 4.78 is 44.4. The Labute approximate surface area is 160 Å². The fourth-order valence-electron chi connectivity index (χ4n) is 2.47.